The number of hydrogen-bond acceptors (Lipinski definition) is 3. The third-order valence-electron chi connectivity index (χ3n) is 6.76. The van der Waals surface area contributed by atoms with E-state index < -0.39 is 5.97 Å². The number of carboxylic acid groups (broad SMARTS) is 1. The number of aliphatic carboxylic acids is 1. The maximum absolute atomic E-state index is 11.4. The molecule has 0 unspecified atom stereocenters. The van der Waals surface area contributed by atoms with Crippen LogP contribution in [0.3, 0.4) is 0 Å². The van der Waals surface area contributed by atoms with E-state index in [1.165, 1.54) is 0 Å². The Hall–Kier alpha value is -2.79. The van der Waals surface area contributed by atoms with Crippen LogP contribution < -0.4 is 4.74 Å². The average molecular weight is 525 g/mol. The molecule has 1 saturated heterocycles. The Kier molecular flexibility index (Phi) is 8.40. The first kappa shape index (κ1) is 26.3. The molecule has 1 aliphatic rings. The summed E-state index contributed by atoms with van der Waals surface area (Å²) in [5, 5.41) is 10.8. The smallest absolute Gasteiger partial charge is 0.307 e. The van der Waals surface area contributed by atoms with Gasteiger partial charge in [0.25, 0.3) is 0 Å². The second-order valence-electron chi connectivity index (χ2n) is 9.44. The Morgan fingerprint density at radius 2 is 1.83 bits per heavy atom. The molecule has 36 heavy (non-hydrogen) atoms. The van der Waals surface area contributed by atoms with Crippen molar-refractivity contribution in [2.24, 2.45) is 5.92 Å². The Morgan fingerprint density at radius 1 is 1.06 bits per heavy atom. The summed E-state index contributed by atoms with van der Waals surface area (Å²) in [5.74, 6) is -0.128. The van der Waals surface area contributed by atoms with Gasteiger partial charge in [0.1, 0.15) is 12.4 Å². The minimum Gasteiger partial charge on any atom is -0.489 e. The second kappa shape index (κ2) is 11.5. The van der Waals surface area contributed by atoms with Crippen LogP contribution in [0.15, 0.2) is 78.9 Å². The third kappa shape index (κ3) is 6.12. The molecule has 1 N–H and O–H groups in total. The molecule has 0 saturated carbocycles. The van der Waals surface area contributed by atoms with E-state index in [1.807, 2.05) is 61.5 Å². The monoisotopic (exact) mass is 524 g/mol. The topological polar surface area (TPSA) is 55.8 Å². The van der Waals surface area contributed by atoms with Crippen molar-refractivity contribution < 1.29 is 19.4 Å². The number of ether oxygens (including phenoxy) is 2. The Labute approximate surface area is 222 Å². The van der Waals surface area contributed by atoms with Crippen LogP contribution in [0.5, 0.6) is 5.75 Å². The van der Waals surface area contributed by atoms with Crippen molar-refractivity contribution in [2.45, 2.75) is 51.4 Å². The van der Waals surface area contributed by atoms with Crippen LogP contribution >= 0.6 is 23.2 Å². The Bertz CT molecular complexity index is 1260. The van der Waals surface area contributed by atoms with E-state index >= 15 is 0 Å². The first-order chi connectivity index (χ1) is 17.2. The van der Waals surface area contributed by atoms with E-state index in [2.05, 4.69) is 19.6 Å². The van der Waals surface area contributed by atoms with Gasteiger partial charge in [0.05, 0.1) is 18.6 Å². The van der Waals surface area contributed by atoms with Crippen molar-refractivity contribution in [3.05, 3.63) is 111 Å². The maximum Gasteiger partial charge on any atom is 0.307 e. The van der Waals surface area contributed by atoms with Crippen LogP contribution in [0.4, 0.5) is 0 Å². The molecule has 3 aromatic rings. The lowest BCUT2D eigenvalue weighted by atomic mass is 9.75. The van der Waals surface area contributed by atoms with E-state index in [0.29, 0.717) is 22.9 Å². The van der Waals surface area contributed by atoms with Crippen LogP contribution in [0.1, 0.15) is 54.5 Å². The van der Waals surface area contributed by atoms with E-state index in [-0.39, 0.29) is 30.5 Å². The van der Waals surface area contributed by atoms with Crippen LogP contribution in [-0.4, -0.2) is 17.2 Å². The van der Waals surface area contributed by atoms with Gasteiger partial charge in [-0.2, -0.15) is 0 Å². The summed E-state index contributed by atoms with van der Waals surface area (Å²) < 4.78 is 12.9. The Balaban J connectivity index is 1.69. The summed E-state index contributed by atoms with van der Waals surface area (Å²) in [6, 6.07) is 20.9. The molecule has 6 heteroatoms. The number of hydrogen-bond donors (Lipinski definition) is 1. The molecule has 0 amide bonds. The summed E-state index contributed by atoms with van der Waals surface area (Å²) in [5.41, 5.74) is 4.52. The number of benzene rings is 3. The molecule has 4 rings (SSSR count). The molecular weight excluding hydrogens is 495 g/mol. The fourth-order valence-corrected chi connectivity index (χ4v) is 5.43. The van der Waals surface area contributed by atoms with Gasteiger partial charge in [-0.1, -0.05) is 71.8 Å². The molecule has 0 aliphatic carbocycles. The van der Waals surface area contributed by atoms with Crippen molar-refractivity contribution in [1.82, 2.24) is 0 Å². The van der Waals surface area contributed by atoms with Gasteiger partial charge in [0, 0.05) is 27.4 Å². The highest BCUT2D eigenvalue weighted by molar-refractivity contribution is 6.31. The van der Waals surface area contributed by atoms with Crippen molar-refractivity contribution in [3.63, 3.8) is 0 Å². The molecule has 0 radical (unpaired) electrons. The predicted molar refractivity (Wildman–Crippen MR) is 144 cm³/mol. The van der Waals surface area contributed by atoms with Crippen molar-refractivity contribution in [3.8, 4) is 5.75 Å². The molecule has 1 heterocycles. The standard InChI is InChI=1S/C30H30Cl2O4/c1-18(2)24-16-25(23-9-4-5-10-27(23)32)19(3)36-30(24)26-14-20(15-29(33)34)11-12-28(26)35-17-21-7-6-8-22(31)13-21/h4-14,19,24-25,30H,1,15-17H2,2-3H3,(H,33,34)/t19-,24+,25+,30-/m0/s1. The predicted octanol–water partition coefficient (Wildman–Crippen LogP) is 8.03. The van der Waals surface area contributed by atoms with E-state index in [1.54, 1.807) is 6.07 Å². The van der Waals surface area contributed by atoms with Gasteiger partial charge in [0.15, 0.2) is 0 Å². The van der Waals surface area contributed by atoms with Gasteiger partial charge in [0.2, 0.25) is 0 Å². The van der Waals surface area contributed by atoms with Gasteiger partial charge in [-0.25, -0.2) is 0 Å². The van der Waals surface area contributed by atoms with Crippen LogP contribution in [0.2, 0.25) is 10.0 Å². The summed E-state index contributed by atoms with van der Waals surface area (Å²) in [6.45, 7) is 8.67. The van der Waals surface area contributed by atoms with Gasteiger partial charge in [-0.15, -0.1) is 0 Å². The summed E-state index contributed by atoms with van der Waals surface area (Å²) in [4.78, 5) is 11.4. The fraction of sp³-hybridized carbons (Fsp3) is 0.300. The van der Waals surface area contributed by atoms with Crippen molar-refractivity contribution >= 4 is 29.2 Å². The molecule has 3 aromatic carbocycles. The lowest BCUT2D eigenvalue weighted by molar-refractivity contribution is -0.136. The minimum atomic E-state index is -0.887. The van der Waals surface area contributed by atoms with Crippen LogP contribution in [0, 0.1) is 5.92 Å². The fourth-order valence-electron chi connectivity index (χ4n) is 4.94. The zero-order valence-electron chi connectivity index (χ0n) is 20.4. The lowest BCUT2D eigenvalue weighted by Gasteiger charge is -2.42. The number of halogens is 2. The van der Waals surface area contributed by atoms with E-state index in [0.717, 1.165) is 33.7 Å². The quantitative estimate of drug-likeness (QED) is 0.303. The highest BCUT2D eigenvalue weighted by Crippen LogP contribution is 2.49. The minimum absolute atomic E-state index is 0.00364. The first-order valence-electron chi connectivity index (χ1n) is 12.0. The normalized spacial score (nSPS) is 21.7. The molecule has 0 bridgehead atoms. The molecule has 0 spiro atoms. The molecule has 1 aliphatic heterocycles. The number of carbonyl (C=O) groups is 1. The zero-order chi connectivity index (χ0) is 25.8. The third-order valence-corrected chi connectivity index (χ3v) is 7.34. The molecule has 4 atom stereocenters. The molecule has 188 valence electrons. The van der Waals surface area contributed by atoms with Gasteiger partial charge < -0.3 is 14.6 Å². The maximum atomic E-state index is 11.4. The van der Waals surface area contributed by atoms with Gasteiger partial charge >= 0.3 is 5.97 Å². The zero-order valence-corrected chi connectivity index (χ0v) is 21.9. The number of rotatable bonds is 8. The van der Waals surface area contributed by atoms with E-state index in [9.17, 15) is 9.90 Å². The summed E-state index contributed by atoms with van der Waals surface area (Å²) >= 11 is 12.7. The molecular formula is C30H30Cl2O4. The molecule has 1 fully saturated rings. The second-order valence-corrected chi connectivity index (χ2v) is 10.3. The van der Waals surface area contributed by atoms with E-state index in [4.69, 9.17) is 32.7 Å². The largest absolute Gasteiger partial charge is 0.489 e. The van der Waals surface area contributed by atoms with Gasteiger partial charge in [-0.05, 0) is 67.3 Å². The molecule has 0 aromatic heterocycles. The lowest BCUT2D eigenvalue weighted by Crippen LogP contribution is -2.34. The van der Waals surface area contributed by atoms with Crippen LogP contribution in [0.25, 0.3) is 0 Å². The summed E-state index contributed by atoms with van der Waals surface area (Å²) in [6.07, 6.45) is 0.278. The van der Waals surface area contributed by atoms with Crippen molar-refractivity contribution in [2.75, 3.05) is 0 Å². The number of carboxylic acids is 1. The average Bonchev–Trinajstić information content (AvgIpc) is 2.83. The van der Waals surface area contributed by atoms with Crippen LogP contribution in [-0.2, 0) is 22.6 Å². The van der Waals surface area contributed by atoms with Gasteiger partial charge in [-0.3, -0.25) is 4.79 Å². The molecule has 4 nitrogen and oxygen atoms in total. The first-order valence-corrected chi connectivity index (χ1v) is 12.8. The highest BCUT2D eigenvalue weighted by Gasteiger charge is 2.39. The SMILES string of the molecule is C=C(C)[C@H]1C[C@@H](c2ccccc2Cl)[C@H](C)O[C@@H]1c1cc(CC(=O)O)ccc1OCc1cccc(Cl)c1. The highest BCUT2D eigenvalue weighted by atomic mass is 35.5. The summed E-state index contributed by atoms with van der Waals surface area (Å²) in [7, 11) is 0. The Morgan fingerprint density at radius 3 is 2.53 bits per heavy atom. The van der Waals surface area contributed by atoms with Crippen molar-refractivity contribution in [1.29, 1.82) is 0 Å².